The predicted molar refractivity (Wildman–Crippen MR) is 132 cm³/mol. The van der Waals surface area contributed by atoms with Crippen molar-refractivity contribution < 1.29 is 10.2 Å². The maximum Gasteiger partial charge on any atom is 0.0594 e. The molecule has 2 N–H and O–H groups in total. The van der Waals surface area contributed by atoms with Crippen LogP contribution in [0.2, 0.25) is 0 Å². The summed E-state index contributed by atoms with van der Waals surface area (Å²) in [4.78, 5) is 0. The lowest BCUT2D eigenvalue weighted by atomic mass is 9.32. The summed E-state index contributed by atoms with van der Waals surface area (Å²) in [5.74, 6) is 3.33. The normalized spacial score (nSPS) is 56.5. The number of rotatable bonds is 2. The zero-order chi connectivity index (χ0) is 23.3. The van der Waals surface area contributed by atoms with Crippen molar-refractivity contribution in [2.24, 2.45) is 56.7 Å². The fraction of sp³-hybridized carbons (Fsp3) is 0.933. The highest BCUT2D eigenvalue weighted by molar-refractivity contribution is 5.21. The molecule has 5 saturated carbocycles. The van der Waals surface area contributed by atoms with E-state index >= 15 is 0 Å². The van der Waals surface area contributed by atoms with E-state index in [9.17, 15) is 10.2 Å². The Kier molecular flexibility index (Phi) is 5.19. The molecular formula is C30H50O2. The van der Waals surface area contributed by atoms with Crippen LogP contribution in [0.5, 0.6) is 0 Å². The van der Waals surface area contributed by atoms with Crippen molar-refractivity contribution in [1.29, 1.82) is 0 Å². The van der Waals surface area contributed by atoms with Gasteiger partial charge in [-0.3, -0.25) is 0 Å². The van der Waals surface area contributed by atoms with E-state index in [1.54, 1.807) is 0 Å². The van der Waals surface area contributed by atoms with Gasteiger partial charge in [0, 0.05) is 6.61 Å². The summed E-state index contributed by atoms with van der Waals surface area (Å²) in [7, 11) is 0. The lowest BCUT2D eigenvalue weighted by Crippen LogP contribution is -2.66. The van der Waals surface area contributed by atoms with Crippen LogP contribution in [0, 0.1) is 56.7 Å². The average Bonchev–Trinajstić information content (AvgIpc) is 3.12. The fourth-order valence-corrected chi connectivity index (χ4v) is 11.5. The van der Waals surface area contributed by atoms with Gasteiger partial charge in [0.15, 0.2) is 0 Å². The summed E-state index contributed by atoms with van der Waals surface area (Å²) in [6, 6.07) is 0. The van der Waals surface area contributed by atoms with Crippen molar-refractivity contribution >= 4 is 0 Å². The second-order valence-corrected chi connectivity index (χ2v) is 14.6. The summed E-state index contributed by atoms with van der Waals surface area (Å²) >= 11 is 0. The second-order valence-electron chi connectivity index (χ2n) is 14.6. The molecule has 182 valence electrons. The topological polar surface area (TPSA) is 40.5 Å². The fourth-order valence-electron chi connectivity index (χ4n) is 11.5. The van der Waals surface area contributed by atoms with Crippen LogP contribution < -0.4 is 0 Å². The van der Waals surface area contributed by atoms with Crippen molar-refractivity contribution in [3.8, 4) is 0 Å². The molecule has 5 aliphatic rings. The van der Waals surface area contributed by atoms with E-state index in [2.05, 4.69) is 48.1 Å². The molecule has 10 atom stereocenters. The first-order valence-electron chi connectivity index (χ1n) is 13.8. The third-order valence-corrected chi connectivity index (χ3v) is 13.5. The Morgan fingerprint density at radius 3 is 2.19 bits per heavy atom. The third-order valence-electron chi connectivity index (χ3n) is 13.5. The summed E-state index contributed by atoms with van der Waals surface area (Å²) in [6.45, 7) is 19.7. The Morgan fingerprint density at radius 1 is 0.812 bits per heavy atom. The molecule has 32 heavy (non-hydrogen) atoms. The Bertz CT molecular complexity index is 786. The predicted octanol–water partition coefficient (Wildman–Crippen LogP) is 7.00. The molecule has 0 aromatic carbocycles. The number of hydrogen-bond acceptors (Lipinski definition) is 2. The van der Waals surface area contributed by atoms with Crippen molar-refractivity contribution in [2.45, 2.75) is 112 Å². The van der Waals surface area contributed by atoms with Gasteiger partial charge in [-0.25, -0.2) is 0 Å². The minimum atomic E-state index is -0.147. The van der Waals surface area contributed by atoms with Gasteiger partial charge in [0.2, 0.25) is 0 Å². The van der Waals surface area contributed by atoms with Gasteiger partial charge in [-0.2, -0.15) is 0 Å². The number of allylic oxidation sites excluding steroid dienone is 1. The van der Waals surface area contributed by atoms with E-state index in [1.165, 1.54) is 63.4 Å². The molecule has 0 bridgehead atoms. The van der Waals surface area contributed by atoms with Crippen molar-refractivity contribution in [3.05, 3.63) is 12.2 Å². The lowest BCUT2D eigenvalue weighted by molar-refractivity contribution is -0.249. The van der Waals surface area contributed by atoms with Gasteiger partial charge in [-0.05, 0) is 128 Å². The highest BCUT2D eigenvalue weighted by atomic mass is 16.3. The molecule has 0 heterocycles. The first kappa shape index (κ1) is 23.4. The van der Waals surface area contributed by atoms with Crippen molar-refractivity contribution in [2.75, 3.05) is 6.61 Å². The number of hydrogen-bond donors (Lipinski definition) is 2. The number of fused-ring (bicyclic) bond motifs is 7. The molecule has 5 fully saturated rings. The van der Waals surface area contributed by atoms with E-state index in [-0.39, 0.29) is 16.9 Å². The summed E-state index contributed by atoms with van der Waals surface area (Å²) in [6.07, 6.45) is 12.2. The quantitative estimate of drug-likeness (QED) is 0.452. The highest BCUT2D eigenvalue weighted by Gasteiger charge is 2.70. The summed E-state index contributed by atoms with van der Waals surface area (Å²) in [5, 5.41) is 21.5. The Balaban J connectivity index is 1.55. The van der Waals surface area contributed by atoms with Gasteiger partial charge in [0.25, 0.3) is 0 Å². The van der Waals surface area contributed by atoms with Crippen LogP contribution in [0.25, 0.3) is 0 Å². The van der Waals surface area contributed by atoms with Crippen molar-refractivity contribution in [3.63, 3.8) is 0 Å². The average molecular weight is 443 g/mol. The summed E-state index contributed by atoms with van der Waals surface area (Å²) in [5.41, 5.74) is 2.60. The molecule has 2 heteroatoms. The minimum Gasteiger partial charge on any atom is -0.396 e. The molecule has 5 aliphatic carbocycles. The molecule has 0 radical (unpaired) electrons. The van der Waals surface area contributed by atoms with Crippen LogP contribution in [0.3, 0.4) is 0 Å². The van der Waals surface area contributed by atoms with Gasteiger partial charge in [0.1, 0.15) is 0 Å². The van der Waals surface area contributed by atoms with Crippen LogP contribution in [-0.4, -0.2) is 22.9 Å². The van der Waals surface area contributed by atoms with Crippen LogP contribution in [0.4, 0.5) is 0 Å². The van der Waals surface area contributed by atoms with E-state index in [4.69, 9.17) is 0 Å². The maximum absolute atomic E-state index is 10.9. The Labute approximate surface area is 197 Å². The minimum absolute atomic E-state index is 0.0290. The van der Waals surface area contributed by atoms with E-state index < -0.39 is 0 Å². The largest absolute Gasteiger partial charge is 0.396 e. The summed E-state index contributed by atoms with van der Waals surface area (Å²) < 4.78 is 0. The molecule has 0 aromatic heterocycles. The zero-order valence-corrected chi connectivity index (χ0v) is 21.8. The Morgan fingerprint density at radius 2 is 1.53 bits per heavy atom. The molecule has 5 rings (SSSR count). The van der Waals surface area contributed by atoms with E-state index in [1.807, 2.05) is 0 Å². The smallest absolute Gasteiger partial charge is 0.0594 e. The maximum atomic E-state index is 10.9. The monoisotopic (exact) mass is 442 g/mol. The number of aliphatic hydroxyl groups excluding tert-OH is 2. The third kappa shape index (κ3) is 2.66. The molecule has 0 saturated heterocycles. The standard InChI is InChI=1S/C30H50O2/c1-19(2)20-10-15-30(18-31)17-16-28(6)21(25(20)30)8-9-23-27(5)13-12-24(32)26(3,4)22(27)11-14-29(23,28)7/h20-25,31-32H,1,8-18H2,2-7H3/t20-,21-,22+,23+,24-,25+,27-,28+,29+,30+/m0/s1. The number of aliphatic hydroxyl groups is 2. The molecule has 2 nitrogen and oxygen atoms in total. The van der Waals surface area contributed by atoms with E-state index in [0.717, 1.165) is 18.3 Å². The van der Waals surface area contributed by atoms with Crippen LogP contribution in [0.1, 0.15) is 106 Å². The van der Waals surface area contributed by atoms with Gasteiger partial charge in [-0.15, -0.1) is 0 Å². The first-order valence-corrected chi connectivity index (χ1v) is 13.8. The van der Waals surface area contributed by atoms with Crippen LogP contribution in [0.15, 0.2) is 12.2 Å². The van der Waals surface area contributed by atoms with Gasteiger partial charge >= 0.3 is 0 Å². The van der Waals surface area contributed by atoms with E-state index in [0.29, 0.717) is 40.6 Å². The van der Waals surface area contributed by atoms with Crippen molar-refractivity contribution in [1.82, 2.24) is 0 Å². The van der Waals surface area contributed by atoms with Crippen LogP contribution in [-0.2, 0) is 0 Å². The molecule has 0 unspecified atom stereocenters. The molecule has 0 aromatic rings. The van der Waals surface area contributed by atoms with Gasteiger partial charge in [-0.1, -0.05) is 46.8 Å². The lowest BCUT2D eigenvalue weighted by Gasteiger charge is -2.73. The first-order chi connectivity index (χ1) is 14.9. The molecule has 0 aliphatic heterocycles. The molecular weight excluding hydrogens is 392 g/mol. The van der Waals surface area contributed by atoms with Gasteiger partial charge < -0.3 is 10.2 Å². The van der Waals surface area contributed by atoms with Gasteiger partial charge in [0.05, 0.1) is 6.10 Å². The second kappa shape index (κ2) is 7.09. The Hall–Kier alpha value is -0.340. The molecule has 0 amide bonds. The molecule has 0 spiro atoms. The highest BCUT2D eigenvalue weighted by Crippen LogP contribution is 2.77. The van der Waals surface area contributed by atoms with Crippen LogP contribution >= 0.6 is 0 Å². The SMILES string of the molecule is C=C(C)[C@@H]1CC[C@]2(CO)CC[C@]3(C)[C@@H](CC[C@@H]4[C@@]5(C)CC[C@H](O)C(C)(C)[C@H]5CC[C@]43C)[C@@H]12. The zero-order valence-electron chi connectivity index (χ0n) is 21.8.